The van der Waals surface area contributed by atoms with Crippen LogP contribution in [-0.4, -0.2) is 19.8 Å². The monoisotopic (exact) mass is 272 g/mol. The zero-order valence-electron chi connectivity index (χ0n) is 12.0. The van der Waals surface area contributed by atoms with Gasteiger partial charge in [0.2, 0.25) is 0 Å². The summed E-state index contributed by atoms with van der Waals surface area (Å²) in [6.07, 6.45) is 0. The van der Waals surface area contributed by atoms with Gasteiger partial charge >= 0.3 is 0 Å². The van der Waals surface area contributed by atoms with Crippen molar-refractivity contribution in [3.05, 3.63) is 54.1 Å². The maximum Gasteiger partial charge on any atom is 0.123 e. The Labute approximate surface area is 120 Å². The molecule has 0 saturated carbocycles. The van der Waals surface area contributed by atoms with Crippen LogP contribution in [0.5, 0.6) is 17.2 Å². The number of hydrogen-bond acceptors (Lipinski definition) is 3. The Morgan fingerprint density at radius 3 is 2.00 bits per heavy atom. The average molecular weight is 272 g/mol. The van der Waals surface area contributed by atoms with Gasteiger partial charge in [-0.05, 0) is 38.1 Å². The topological polar surface area (TPSA) is 27.7 Å². The maximum atomic E-state index is 5.63. The lowest BCUT2D eigenvalue weighted by Crippen LogP contribution is -2.09. The van der Waals surface area contributed by atoms with Gasteiger partial charge in [0, 0.05) is 6.07 Å². The Hall–Kier alpha value is -2.16. The van der Waals surface area contributed by atoms with Crippen LogP contribution in [0.3, 0.4) is 0 Å². The molecule has 2 rings (SSSR count). The highest BCUT2D eigenvalue weighted by molar-refractivity contribution is 5.33. The lowest BCUT2D eigenvalue weighted by molar-refractivity contribution is 0.216. The summed E-state index contributed by atoms with van der Waals surface area (Å²) in [5.41, 5.74) is 1.22. The SMILES string of the molecule is CCOc1cccc(OCCOc2ccc(C)cc2)c1. The molecule has 3 heteroatoms. The van der Waals surface area contributed by atoms with Crippen LogP contribution in [0.25, 0.3) is 0 Å². The second-order valence-corrected chi connectivity index (χ2v) is 4.42. The second kappa shape index (κ2) is 7.43. The molecular weight excluding hydrogens is 252 g/mol. The quantitative estimate of drug-likeness (QED) is 0.716. The zero-order valence-corrected chi connectivity index (χ0v) is 12.0. The number of hydrogen-bond donors (Lipinski definition) is 0. The van der Waals surface area contributed by atoms with E-state index in [9.17, 15) is 0 Å². The molecule has 2 aromatic rings. The Morgan fingerprint density at radius 2 is 1.35 bits per heavy atom. The molecular formula is C17H20O3. The largest absolute Gasteiger partial charge is 0.494 e. The van der Waals surface area contributed by atoms with Crippen LogP contribution in [0.1, 0.15) is 12.5 Å². The molecule has 0 fully saturated rings. The molecule has 0 aliphatic heterocycles. The van der Waals surface area contributed by atoms with Crippen LogP contribution >= 0.6 is 0 Å². The van der Waals surface area contributed by atoms with Gasteiger partial charge in [-0.2, -0.15) is 0 Å². The van der Waals surface area contributed by atoms with Gasteiger partial charge in [0.15, 0.2) is 0 Å². The normalized spacial score (nSPS) is 10.1. The van der Waals surface area contributed by atoms with E-state index in [1.54, 1.807) is 0 Å². The van der Waals surface area contributed by atoms with Gasteiger partial charge in [-0.15, -0.1) is 0 Å². The molecule has 0 spiro atoms. The predicted molar refractivity (Wildman–Crippen MR) is 79.8 cm³/mol. The fraction of sp³-hybridized carbons (Fsp3) is 0.294. The first-order valence-electron chi connectivity index (χ1n) is 6.83. The molecule has 0 amide bonds. The Balaban J connectivity index is 1.75. The van der Waals surface area contributed by atoms with E-state index in [2.05, 4.69) is 6.92 Å². The molecule has 2 aromatic carbocycles. The van der Waals surface area contributed by atoms with Crippen LogP contribution in [0.4, 0.5) is 0 Å². The molecule has 0 aliphatic carbocycles. The smallest absolute Gasteiger partial charge is 0.123 e. The van der Waals surface area contributed by atoms with Gasteiger partial charge in [0.1, 0.15) is 30.5 Å². The summed E-state index contributed by atoms with van der Waals surface area (Å²) < 4.78 is 16.7. The molecule has 0 aromatic heterocycles. The molecule has 20 heavy (non-hydrogen) atoms. The van der Waals surface area contributed by atoms with Crippen molar-refractivity contribution in [3.8, 4) is 17.2 Å². The van der Waals surface area contributed by atoms with E-state index in [0.29, 0.717) is 19.8 Å². The predicted octanol–water partition coefficient (Wildman–Crippen LogP) is 3.85. The molecule has 0 saturated heterocycles. The van der Waals surface area contributed by atoms with Crippen molar-refractivity contribution < 1.29 is 14.2 Å². The number of rotatable bonds is 7. The lowest BCUT2D eigenvalue weighted by atomic mass is 10.2. The molecule has 0 heterocycles. The van der Waals surface area contributed by atoms with E-state index in [1.165, 1.54) is 5.56 Å². The molecule has 0 unspecified atom stereocenters. The summed E-state index contributed by atoms with van der Waals surface area (Å²) in [5, 5.41) is 0. The van der Waals surface area contributed by atoms with Crippen molar-refractivity contribution in [3.63, 3.8) is 0 Å². The second-order valence-electron chi connectivity index (χ2n) is 4.42. The van der Waals surface area contributed by atoms with Crippen LogP contribution in [0, 0.1) is 6.92 Å². The van der Waals surface area contributed by atoms with E-state index >= 15 is 0 Å². The van der Waals surface area contributed by atoms with Crippen LogP contribution in [0.15, 0.2) is 48.5 Å². The average Bonchev–Trinajstić information content (AvgIpc) is 2.46. The zero-order chi connectivity index (χ0) is 14.2. The number of aryl methyl sites for hydroxylation is 1. The van der Waals surface area contributed by atoms with Gasteiger partial charge in [-0.25, -0.2) is 0 Å². The first-order chi connectivity index (χ1) is 9.78. The summed E-state index contributed by atoms with van der Waals surface area (Å²) in [4.78, 5) is 0. The fourth-order valence-electron chi connectivity index (χ4n) is 1.77. The van der Waals surface area contributed by atoms with Gasteiger partial charge in [-0.1, -0.05) is 23.8 Å². The Morgan fingerprint density at radius 1 is 0.750 bits per heavy atom. The van der Waals surface area contributed by atoms with E-state index in [-0.39, 0.29) is 0 Å². The minimum atomic E-state index is 0.503. The summed E-state index contributed by atoms with van der Waals surface area (Å²) in [5.74, 6) is 2.48. The van der Waals surface area contributed by atoms with Crippen molar-refractivity contribution in [2.45, 2.75) is 13.8 Å². The van der Waals surface area contributed by atoms with Crippen LogP contribution < -0.4 is 14.2 Å². The molecule has 0 atom stereocenters. The maximum absolute atomic E-state index is 5.63. The van der Waals surface area contributed by atoms with Crippen molar-refractivity contribution in [2.24, 2.45) is 0 Å². The lowest BCUT2D eigenvalue weighted by Gasteiger charge is -2.10. The molecule has 0 aliphatic rings. The first-order valence-corrected chi connectivity index (χ1v) is 6.83. The fourth-order valence-corrected chi connectivity index (χ4v) is 1.77. The van der Waals surface area contributed by atoms with E-state index in [0.717, 1.165) is 17.2 Å². The van der Waals surface area contributed by atoms with Gasteiger partial charge < -0.3 is 14.2 Å². The number of benzene rings is 2. The van der Waals surface area contributed by atoms with Crippen molar-refractivity contribution in [1.82, 2.24) is 0 Å². The molecule has 0 bridgehead atoms. The summed E-state index contributed by atoms with van der Waals surface area (Å²) in [6, 6.07) is 15.6. The molecule has 106 valence electrons. The third kappa shape index (κ3) is 4.50. The Kier molecular flexibility index (Phi) is 5.30. The summed E-state index contributed by atoms with van der Waals surface area (Å²) >= 11 is 0. The third-order valence-electron chi connectivity index (χ3n) is 2.76. The van der Waals surface area contributed by atoms with Crippen molar-refractivity contribution in [1.29, 1.82) is 0 Å². The van der Waals surface area contributed by atoms with E-state index < -0.39 is 0 Å². The third-order valence-corrected chi connectivity index (χ3v) is 2.76. The van der Waals surface area contributed by atoms with Crippen molar-refractivity contribution >= 4 is 0 Å². The highest BCUT2D eigenvalue weighted by atomic mass is 16.5. The minimum Gasteiger partial charge on any atom is -0.494 e. The van der Waals surface area contributed by atoms with Gasteiger partial charge in [0.25, 0.3) is 0 Å². The van der Waals surface area contributed by atoms with Crippen molar-refractivity contribution in [2.75, 3.05) is 19.8 Å². The van der Waals surface area contributed by atoms with Crippen LogP contribution in [-0.2, 0) is 0 Å². The Bertz CT molecular complexity index is 520. The molecule has 0 N–H and O–H groups in total. The first kappa shape index (κ1) is 14.3. The highest BCUT2D eigenvalue weighted by Gasteiger charge is 1.98. The minimum absolute atomic E-state index is 0.503. The van der Waals surface area contributed by atoms with Gasteiger partial charge in [0.05, 0.1) is 6.61 Å². The van der Waals surface area contributed by atoms with E-state index in [4.69, 9.17) is 14.2 Å². The van der Waals surface area contributed by atoms with E-state index in [1.807, 2.05) is 55.5 Å². The molecule has 3 nitrogen and oxygen atoms in total. The number of ether oxygens (including phenoxy) is 3. The van der Waals surface area contributed by atoms with Gasteiger partial charge in [-0.3, -0.25) is 0 Å². The summed E-state index contributed by atoms with van der Waals surface area (Å²) in [6.45, 7) is 5.69. The standard InChI is InChI=1S/C17H20O3/c1-3-18-16-5-4-6-17(13-16)20-12-11-19-15-9-7-14(2)8-10-15/h4-10,13H,3,11-12H2,1-2H3. The van der Waals surface area contributed by atoms with Crippen LogP contribution in [0.2, 0.25) is 0 Å². The molecule has 0 radical (unpaired) electrons. The summed E-state index contributed by atoms with van der Waals surface area (Å²) in [7, 11) is 0. The highest BCUT2D eigenvalue weighted by Crippen LogP contribution is 2.19.